The molecule has 0 aromatic heterocycles. The highest BCUT2D eigenvalue weighted by atomic mass is 16.4. The number of carboxylic acid groups (broad SMARTS) is 1. The fourth-order valence-corrected chi connectivity index (χ4v) is 2.17. The predicted octanol–water partition coefficient (Wildman–Crippen LogP) is 1.63. The van der Waals surface area contributed by atoms with E-state index in [1.807, 2.05) is 25.7 Å². The van der Waals surface area contributed by atoms with E-state index in [1.165, 1.54) is 0 Å². The lowest BCUT2D eigenvalue weighted by Gasteiger charge is -2.31. The van der Waals surface area contributed by atoms with E-state index in [9.17, 15) is 9.59 Å². The Balaban J connectivity index is 2.61. The topological polar surface area (TPSA) is 60.9 Å². The monoisotopic (exact) mass is 242 g/mol. The molecule has 5 heteroatoms. The van der Waals surface area contributed by atoms with Crippen LogP contribution >= 0.6 is 0 Å². The molecule has 0 aromatic carbocycles. The van der Waals surface area contributed by atoms with E-state index in [1.54, 1.807) is 4.90 Å². The highest BCUT2D eigenvalue weighted by molar-refractivity contribution is 5.77. The van der Waals surface area contributed by atoms with Gasteiger partial charge in [0.2, 0.25) is 0 Å². The van der Waals surface area contributed by atoms with Crippen LogP contribution < -0.4 is 0 Å². The van der Waals surface area contributed by atoms with E-state index in [0.717, 1.165) is 6.42 Å². The summed E-state index contributed by atoms with van der Waals surface area (Å²) in [5.74, 6) is -1.19. The van der Waals surface area contributed by atoms with E-state index in [0.29, 0.717) is 26.1 Å². The van der Waals surface area contributed by atoms with Gasteiger partial charge in [0.1, 0.15) is 0 Å². The Kier molecular flexibility index (Phi) is 4.78. The van der Waals surface area contributed by atoms with Crippen molar-refractivity contribution < 1.29 is 14.7 Å². The van der Waals surface area contributed by atoms with Crippen molar-refractivity contribution in [2.45, 2.75) is 39.7 Å². The normalized spacial score (nSPS) is 21.4. The van der Waals surface area contributed by atoms with Crippen molar-refractivity contribution in [1.29, 1.82) is 0 Å². The second kappa shape index (κ2) is 5.89. The number of rotatable bonds is 4. The van der Waals surface area contributed by atoms with Crippen molar-refractivity contribution in [3.8, 4) is 0 Å². The third-order valence-electron chi connectivity index (χ3n) is 3.52. The van der Waals surface area contributed by atoms with Crippen LogP contribution in [0.3, 0.4) is 0 Å². The minimum atomic E-state index is -0.799. The number of hydrogen-bond acceptors (Lipinski definition) is 2. The number of hydrogen-bond donors (Lipinski definition) is 1. The Hall–Kier alpha value is -1.26. The van der Waals surface area contributed by atoms with Gasteiger partial charge >= 0.3 is 12.0 Å². The molecular formula is C12H22N2O3. The standard InChI is InChI=1S/C12H22N2O3/c1-4-9(3)14(5-2)12(17)13-7-6-10(8-13)11(15)16/h9-10H,4-8H2,1-3H3,(H,15,16). The fraction of sp³-hybridized carbons (Fsp3) is 0.833. The molecule has 1 saturated heterocycles. The van der Waals surface area contributed by atoms with Crippen LogP contribution in [0, 0.1) is 5.92 Å². The lowest BCUT2D eigenvalue weighted by molar-refractivity contribution is -0.141. The highest BCUT2D eigenvalue weighted by Crippen LogP contribution is 2.19. The molecule has 17 heavy (non-hydrogen) atoms. The van der Waals surface area contributed by atoms with Gasteiger partial charge in [-0.2, -0.15) is 0 Å². The Morgan fingerprint density at radius 3 is 2.53 bits per heavy atom. The smallest absolute Gasteiger partial charge is 0.320 e. The lowest BCUT2D eigenvalue weighted by atomic mass is 10.1. The molecule has 1 fully saturated rings. The van der Waals surface area contributed by atoms with Crippen LogP contribution in [0.5, 0.6) is 0 Å². The summed E-state index contributed by atoms with van der Waals surface area (Å²) in [5, 5.41) is 8.91. The van der Waals surface area contributed by atoms with Crippen molar-refractivity contribution in [2.24, 2.45) is 5.92 Å². The molecule has 0 saturated carbocycles. The molecular weight excluding hydrogens is 220 g/mol. The molecule has 98 valence electrons. The molecule has 2 amide bonds. The zero-order valence-corrected chi connectivity index (χ0v) is 10.8. The number of carbonyl (C=O) groups excluding carboxylic acids is 1. The summed E-state index contributed by atoms with van der Waals surface area (Å²) in [6, 6.07) is 0.182. The largest absolute Gasteiger partial charge is 0.481 e. The highest BCUT2D eigenvalue weighted by Gasteiger charge is 2.33. The number of urea groups is 1. The van der Waals surface area contributed by atoms with Crippen LogP contribution in [0.25, 0.3) is 0 Å². The summed E-state index contributed by atoms with van der Waals surface area (Å²) in [6.45, 7) is 7.59. The van der Waals surface area contributed by atoms with Crippen molar-refractivity contribution in [1.82, 2.24) is 9.80 Å². The van der Waals surface area contributed by atoms with E-state index < -0.39 is 11.9 Å². The van der Waals surface area contributed by atoms with E-state index in [-0.39, 0.29) is 12.1 Å². The summed E-state index contributed by atoms with van der Waals surface area (Å²) in [5.41, 5.74) is 0. The van der Waals surface area contributed by atoms with E-state index in [4.69, 9.17) is 5.11 Å². The Morgan fingerprint density at radius 1 is 1.47 bits per heavy atom. The van der Waals surface area contributed by atoms with Gasteiger partial charge in [-0.3, -0.25) is 4.79 Å². The van der Waals surface area contributed by atoms with Gasteiger partial charge in [-0.15, -0.1) is 0 Å². The number of carboxylic acids is 1. The molecule has 0 radical (unpaired) electrons. The van der Waals surface area contributed by atoms with E-state index >= 15 is 0 Å². The zero-order valence-electron chi connectivity index (χ0n) is 10.8. The van der Waals surface area contributed by atoms with Gasteiger partial charge in [0.15, 0.2) is 0 Å². The molecule has 0 aliphatic carbocycles. The van der Waals surface area contributed by atoms with Gasteiger partial charge in [-0.05, 0) is 26.7 Å². The molecule has 0 spiro atoms. The Labute approximate surface area is 102 Å². The molecule has 2 atom stereocenters. The van der Waals surface area contributed by atoms with Crippen LogP contribution in [-0.2, 0) is 4.79 Å². The average Bonchev–Trinajstić information content (AvgIpc) is 2.78. The quantitative estimate of drug-likeness (QED) is 0.815. The number of aliphatic carboxylic acids is 1. The number of amides is 2. The molecule has 0 aromatic rings. The van der Waals surface area contributed by atoms with Gasteiger partial charge in [0, 0.05) is 25.7 Å². The Bertz CT molecular complexity index is 293. The first-order valence-electron chi connectivity index (χ1n) is 6.29. The van der Waals surface area contributed by atoms with Crippen molar-refractivity contribution in [3.05, 3.63) is 0 Å². The second-order valence-corrected chi connectivity index (χ2v) is 4.60. The fourth-order valence-electron chi connectivity index (χ4n) is 2.17. The maximum atomic E-state index is 12.2. The first-order valence-corrected chi connectivity index (χ1v) is 6.29. The van der Waals surface area contributed by atoms with Gasteiger partial charge in [-0.1, -0.05) is 6.92 Å². The maximum Gasteiger partial charge on any atom is 0.320 e. The van der Waals surface area contributed by atoms with Gasteiger partial charge in [0.05, 0.1) is 5.92 Å². The molecule has 1 rings (SSSR count). The average molecular weight is 242 g/mol. The third kappa shape index (κ3) is 3.11. The van der Waals surface area contributed by atoms with Crippen LogP contribution in [-0.4, -0.2) is 52.6 Å². The summed E-state index contributed by atoms with van der Waals surface area (Å²) in [7, 11) is 0. The molecule has 2 unspecified atom stereocenters. The molecule has 0 bridgehead atoms. The van der Waals surface area contributed by atoms with Crippen molar-refractivity contribution >= 4 is 12.0 Å². The van der Waals surface area contributed by atoms with Crippen LogP contribution in [0.4, 0.5) is 4.79 Å². The number of likely N-dealkylation sites (tertiary alicyclic amines) is 1. The van der Waals surface area contributed by atoms with Crippen LogP contribution in [0.2, 0.25) is 0 Å². The maximum absolute atomic E-state index is 12.2. The third-order valence-corrected chi connectivity index (χ3v) is 3.52. The van der Waals surface area contributed by atoms with Gasteiger partial charge in [-0.25, -0.2) is 4.79 Å². The summed E-state index contributed by atoms with van der Waals surface area (Å²) in [6.07, 6.45) is 1.48. The van der Waals surface area contributed by atoms with Crippen molar-refractivity contribution in [3.63, 3.8) is 0 Å². The zero-order chi connectivity index (χ0) is 13.0. The second-order valence-electron chi connectivity index (χ2n) is 4.60. The van der Waals surface area contributed by atoms with Gasteiger partial charge in [0.25, 0.3) is 0 Å². The minimum Gasteiger partial charge on any atom is -0.481 e. The molecule has 5 nitrogen and oxygen atoms in total. The summed E-state index contributed by atoms with van der Waals surface area (Å²) < 4.78 is 0. The Morgan fingerprint density at radius 2 is 2.12 bits per heavy atom. The molecule has 1 N–H and O–H groups in total. The van der Waals surface area contributed by atoms with Crippen LogP contribution in [0.15, 0.2) is 0 Å². The summed E-state index contributed by atoms with van der Waals surface area (Å²) >= 11 is 0. The molecule has 1 aliphatic heterocycles. The first-order chi connectivity index (χ1) is 8.01. The molecule has 1 aliphatic rings. The first kappa shape index (κ1) is 13.8. The SMILES string of the molecule is CCC(C)N(CC)C(=O)N1CCC(C(=O)O)C1. The minimum absolute atomic E-state index is 0.0226. The number of nitrogens with zero attached hydrogens (tertiary/aromatic N) is 2. The lowest BCUT2D eigenvalue weighted by Crippen LogP contribution is -2.46. The van der Waals surface area contributed by atoms with E-state index in [2.05, 4.69) is 0 Å². The van der Waals surface area contributed by atoms with Gasteiger partial charge < -0.3 is 14.9 Å². The predicted molar refractivity (Wildman–Crippen MR) is 64.8 cm³/mol. The number of carbonyl (C=O) groups is 2. The molecule has 1 heterocycles. The van der Waals surface area contributed by atoms with Crippen LogP contribution in [0.1, 0.15) is 33.6 Å². The van der Waals surface area contributed by atoms with Crippen molar-refractivity contribution in [2.75, 3.05) is 19.6 Å². The summed E-state index contributed by atoms with van der Waals surface area (Å²) in [4.78, 5) is 26.5.